The first-order chi connectivity index (χ1) is 8.65. The van der Waals surface area contributed by atoms with E-state index in [1.54, 1.807) is 0 Å². The van der Waals surface area contributed by atoms with Gasteiger partial charge in [-0.3, -0.25) is 4.79 Å². The fraction of sp³-hybridized carbons (Fsp3) is 0.182. The second-order valence-corrected chi connectivity index (χ2v) is 3.59. The van der Waals surface area contributed by atoms with E-state index < -0.39 is 5.91 Å². The number of nitrogens with zero attached hydrogens (tertiary/aromatic N) is 2. The van der Waals surface area contributed by atoms with Crippen LogP contribution < -0.4 is 5.32 Å². The number of phenolic OH excluding ortho intramolecular Hbond substituents is 2. The average molecular weight is 249 g/mol. The molecule has 1 aromatic heterocycles. The summed E-state index contributed by atoms with van der Waals surface area (Å²) < 4.78 is 4.55. The zero-order valence-electron chi connectivity index (χ0n) is 9.33. The smallest absolute Gasteiger partial charge is 0.251 e. The number of rotatable bonds is 4. The Morgan fingerprint density at radius 3 is 2.61 bits per heavy atom. The summed E-state index contributed by atoms with van der Waals surface area (Å²) in [7, 11) is 0. The molecule has 1 aromatic carbocycles. The van der Waals surface area contributed by atoms with Crippen LogP contribution in [0.1, 0.15) is 16.2 Å². The molecule has 2 aromatic rings. The Hall–Kier alpha value is -2.57. The predicted molar refractivity (Wildman–Crippen MR) is 60.1 cm³/mol. The van der Waals surface area contributed by atoms with Crippen LogP contribution in [0, 0.1) is 0 Å². The van der Waals surface area contributed by atoms with Crippen LogP contribution in [0.15, 0.2) is 29.1 Å². The van der Waals surface area contributed by atoms with Gasteiger partial charge in [0.2, 0.25) is 6.39 Å². The van der Waals surface area contributed by atoms with Gasteiger partial charge < -0.3 is 20.1 Å². The lowest BCUT2D eigenvalue weighted by Crippen LogP contribution is -2.25. The summed E-state index contributed by atoms with van der Waals surface area (Å²) in [5.74, 6) is -0.240. The Morgan fingerprint density at radius 1 is 1.28 bits per heavy atom. The summed E-state index contributed by atoms with van der Waals surface area (Å²) in [6, 6.07) is 3.68. The van der Waals surface area contributed by atoms with Crippen LogP contribution in [0.5, 0.6) is 11.5 Å². The summed E-state index contributed by atoms with van der Waals surface area (Å²) in [6.45, 7) is 0.328. The maximum Gasteiger partial charge on any atom is 0.251 e. The molecule has 1 heterocycles. The number of hydrogen-bond donors (Lipinski definition) is 3. The summed E-state index contributed by atoms with van der Waals surface area (Å²) in [6.07, 6.45) is 1.65. The molecule has 0 aliphatic rings. The van der Waals surface area contributed by atoms with E-state index in [0.29, 0.717) is 18.8 Å². The third-order valence-corrected chi connectivity index (χ3v) is 2.21. The van der Waals surface area contributed by atoms with Gasteiger partial charge in [-0.25, -0.2) is 0 Å². The van der Waals surface area contributed by atoms with E-state index in [0.717, 1.165) is 6.07 Å². The zero-order chi connectivity index (χ0) is 13.0. The van der Waals surface area contributed by atoms with Crippen molar-refractivity contribution in [3.63, 3.8) is 0 Å². The second-order valence-electron chi connectivity index (χ2n) is 3.59. The average Bonchev–Trinajstić information content (AvgIpc) is 2.80. The van der Waals surface area contributed by atoms with Crippen LogP contribution in [0.4, 0.5) is 0 Å². The number of amides is 1. The van der Waals surface area contributed by atoms with E-state index >= 15 is 0 Å². The number of aromatic nitrogens is 2. The van der Waals surface area contributed by atoms with Crippen LogP contribution >= 0.6 is 0 Å². The van der Waals surface area contributed by atoms with Gasteiger partial charge in [0.25, 0.3) is 5.91 Å². The first-order valence-corrected chi connectivity index (χ1v) is 5.21. The number of aromatic hydroxyl groups is 2. The van der Waals surface area contributed by atoms with Gasteiger partial charge in [0.1, 0.15) is 11.5 Å². The van der Waals surface area contributed by atoms with Crippen molar-refractivity contribution in [1.29, 1.82) is 0 Å². The van der Waals surface area contributed by atoms with Crippen LogP contribution in [0.25, 0.3) is 0 Å². The third kappa shape index (κ3) is 2.97. The molecule has 7 nitrogen and oxygen atoms in total. The molecule has 0 bridgehead atoms. The van der Waals surface area contributed by atoms with Crippen LogP contribution in [0.3, 0.4) is 0 Å². The van der Waals surface area contributed by atoms with Gasteiger partial charge in [0, 0.05) is 24.6 Å². The molecule has 0 aliphatic carbocycles. The van der Waals surface area contributed by atoms with Crippen molar-refractivity contribution in [2.24, 2.45) is 0 Å². The van der Waals surface area contributed by atoms with Crippen molar-refractivity contribution in [2.75, 3.05) is 6.54 Å². The summed E-state index contributed by atoms with van der Waals surface area (Å²) >= 11 is 0. The van der Waals surface area contributed by atoms with E-state index in [-0.39, 0.29) is 17.1 Å². The minimum atomic E-state index is -0.398. The standard InChI is InChI=1S/C11H11N3O4/c15-8-3-7(4-9(16)5-8)11(17)12-2-1-10-13-6-18-14-10/h3-6,15-16H,1-2H2,(H,12,17). The van der Waals surface area contributed by atoms with Crippen molar-refractivity contribution < 1.29 is 19.5 Å². The highest BCUT2D eigenvalue weighted by Gasteiger charge is 2.08. The van der Waals surface area contributed by atoms with Crippen molar-refractivity contribution >= 4 is 5.91 Å². The maximum absolute atomic E-state index is 11.7. The van der Waals surface area contributed by atoms with Gasteiger partial charge in [-0.05, 0) is 12.1 Å². The van der Waals surface area contributed by atoms with Crippen LogP contribution in [-0.2, 0) is 6.42 Å². The van der Waals surface area contributed by atoms with Gasteiger partial charge in [-0.2, -0.15) is 4.98 Å². The second kappa shape index (κ2) is 5.17. The largest absolute Gasteiger partial charge is 0.508 e. The van der Waals surface area contributed by atoms with Gasteiger partial charge in [0.15, 0.2) is 5.82 Å². The number of phenols is 2. The van der Waals surface area contributed by atoms with Crippen molar-refractivity contribution in [3.8, 4) is 11.5 Å². The molecular weight excluding hydrogens is 238 g/mol. The lowest BCUT2D eigenvalue weighted by Gasteiger charge is -2.04. The summed E-state index contributed by atoms with van der Waals surface area (Å²) in [4.78, 5) is 15.5. The molecule has 2 rings (SSSR count). The molecule has 94 valence electrons. The van der Waals surface area contributed by atoms with Crippen molar-refractivity contribution in [3.05, 3.63) is 36.0 Å². The molecule has 0 atom stereocenters. The lowest BCUT2D eigenvalue weighted by molar-refractivity contribution is 0.0953. The number of carbonyl (C=O) groups excluding carboxylic acids is 1. The molecule has 1 amide bonds. The third-order valence-electron chi connectivity index (χ3n) is 2.21. The van der Waals surface area contributed by atoms with Gasteiger partial charge in [0.05, 0.1) is 0 Å². The minimum absolute atomic E-state index is 0.168. The molecule has 0 unspecified atom stereocenters. The van der Waals surface area contributed by atoms with Gasteiger partial charge >= 0.3 is 0 Å². The van der Waals surface area contributed by atoms with Crippen molar-refractivity contribution in [2.45, 2.75) is 6.42 Å². The van der Waals surface area contributed by atoms with E-state index in [9.17, 15) is 15.0 Å². The molecule has 0 saturated carbocycles. The van der Waals surface area contributed by atoms with Gasteiger partial charge in [-0.15, -0.1) is 0 Å². The fourth-order valence-corrected chi connectivity index (χ4v) is 1.42. The monoisotopic (exact) mass is 249 g/mol. The van der Waals surface area contributed by atoms with Crippen molar-refractivity contribution in [1.82, 2.24) is 15.5 Å². The SMILES string of the molecule is O=C(NCCc1ncon1)c1cc(O)cc(O)c1. The highest BCUT2D eigenvalue weighted by atomic mass is 16.5. The fourth-order valence-electron chi connectivity index (χ4n) is 1.42. The molecule has 0 fully saturated rings. The van der Waals surface area contributed by atoms with Crippen LogP contribution in [-0.4, -0.2) is 32.8 Å². The first-order valence-electron chi connectivity index (χ1n) is 5.21. The lowest BCUT2D eigenvalue weighted by atomic mass is 10.2. The quantitative estimate of drug-likeness (QED) is 0.726. The van der Waals surface area contributed by atoms with E-state index in [1.807, 2.05) is 0 Å². The molecule has 7 heteroatoms. The van der Waals surface area contributed by atoms with E-state index in [4.69, 9.17) is 0 Å². The van der Waals surface area contributed by atoms with E-state index in [1.165, 1.54) is 18.5 Å². The molecule has 0 saturated heterocycles. The van der Waals surface area contributed by atoms with Crippen LogP contribution in [0.2, 0.25) is 0 Å². The van der Waals surface area contributed by atoms with Gasteiger partial charge in [-0.1, -0.05) is 5.16 Å². The Morgan fingerprint density at radius 2 is 2.00 bits per heavy atom. The normalized spacial score (nSPS) is 10.2. The number of hydrogen-bond acceptors (Lipinski definition) is 6. The zero-order valence-corrected chi connectivity index (χ0v) is 9.33. The molecule has 0 aliphatic heterocycles. The molecule has 0 radical (unpaired) electrons. The number of nitrogens with one attached hydrogen (secondary N) is 1. The van der Waals surface area contributed by atoms with E-state index in [2.05, 4.69) is 20.0 Å². The number of carbonyl (C=O) groups is 1. The Bertz CT molecular complexity index is 519. The molecular formula is C11H11N3O4. The summed E-state index contributed by atoms with van der Waals surface area (Å²) in [5, 5.41) is 24.7. The predicted octanol–water partition coefficient (Wildman–Crippen LogP) is 0.453. The molecule has 0 spiro atoms. The topological polar surface area (TPSA) is 108 Å². The minimum Gasteiger partial charge on any atom is -0.508 e. The first kappa shape index (κ1) is 11.9. The highest BCUT2D eigenvalue weighted by molar-refractivity contribution is 5.95. The Labute approximate surface area is 102 Å². The Kier molecular flexibility index (Phi) is 3.42. The molecule has 18 heavy (non-hydrogen) atoms. The number of benzene rings is 1. The molecule has 3 N–H and O–H groups in total. The highest BCUT2D eigenvalue weighted by Crippen LogP contribution is 2.20. The Balaban J connectivity index is 1.91. The maximum atomic E-state index is 11.7. The summed E-state index contributed by atoms with van der Waals surface area (Å²) in [5.41, 5.74) is 0.181.